The van der Waals surface area contributed by atoms with Crippen LogP contribution in [0.15, 0.2) is 0 Å². The molecule has 0 unspecified atom stereocenters. The molecule has 78 valence electrons. The van der Waals surface area contributed by atoms with E-state index >= 15 is 0 Å². The minimum Gasteiger partial charge on any atom is -0.393 e. The highest BCUT2D eigenvalue weighted by Gasteiger charge is 2.50. The van der Waals surface area contributed by atoms with Gasteiger partial charge in [0.15, 0.2) is 0 Å². The average molecular weight is 196 g/mol. The molecule has 2 fully saturated rings. The van der Waals surface area contributed by atoms with E-state index in [4.69, 9.17) is 0 Å². The van der Waals surface area contributed by atoms with Gasteiger partial charge in [-0.15, -0.1) is 0 Å². The number of carbonyl (C=O) groups excluding carboxylic acids is 2. The molecule has 0 radical (unpaired) electrons. The summed E-state index contributed by atoms with van der Waals surface area (Å²) in [6.07, 6.45) is 5.32. The summed E-state index contributed by atoms with van der Waals surface area (Å²) in [5, 5.41) is 0. The summed E-state index contributed by atoms with van der Waals surface area (Å²) in [5.41, 5.74) is -0.428. The Morgan fingerprint density at radius 3 is 2.43 bits per heavy atom. The van der Waals surface area contributed by atoms with Crippen molar-refractivity contribution in [2.45, 2.75) is 45.4 Å². The number of cyclic esters (lactones) is 2. The molecule has 0 atom stereocenters. The second-order valence-electron chi connectivity index (χ2n) is 4.57. The topological polar surface area (TPSA) is 43.4 Å². The molecule has 1 saturated heterocycles. The Hall–Kier alpha value is -0.860. The first kappa shape index (κ1) is 9.69. The molecular formula is C11H16O3. The van der Waals surface area contributed by atoms with Crippen LogP contribution in [0.25, 0.3) is 0 Å². The van der Waals surface area contributed by atoms with Crippen LogP contribution in [0.2, 0.25) is 0 Å². The highest BCUT2D eigenvalue weighted by Crippen LogP contribution is 2.46. The molecule has 0 amide bonds. The molecule has 0 aromatic rings. The van der Waals surface area contributed by atoms with Crippen molar-refractivity contribution in [3.63, 3.8) is 0 Å². The Kier molecular flexibility index (Phi) is 2.33. The predicted molar refractivity (Wildman–Crippen MR) is 50.4 cm³/mol. The molecule has 1 spiro atoms. The number of esters is 2. The lowest BCUT2D eigenvalue weighted by Crippen LogP contribution is -2.31. The molecule has 2 aliphatic rings. The lowest BCUT2D eigenvalue weighted by Gasteiger charge is -2.32. The SMILES string of the molecule is CCC1CCC2(CC1)CC(=O)OC2=O. The van der Waals surface area contributed by atoms with E-state index in [1.807, 2.05) is 0 Å². The lowest BCUT2D eigenvalue weighted by molar-refractivity contribution is -0.156. The van der Waals surface area contributed by atoms with E-state index < -0.39 is 5.41 Å². The molecule has 1 aliphatic heterocycles. The van der Waals surface area contributed by atoms with Crippen LogP contribution in [0.4, 0.5) is 0 Å². The zero-order chi connectivity index (χ0) is 10.2. The van der Waals surface area contributed by atoms with Gasteiger partial charge in [0.1, 0.15) is 0 Å². The van der Waals surface area contributed by atoms with Gasteiger partial charge in [0.05, 0.1) is 11.8 Å². The molecule has 3 heteroatoms. The molecule has 0 aromatic carbocycles. The number of hydrogen-bond acceptors (Lipinski definition) is 3. The highest BCUT2D eigenvalue weighted by atomic mass is 16.6. The molecule has 2 rings (SSSR count). The monoisotopic (exact) mass is 196 g/mol. The van der Waals surface area contributed by atoms with E-state index in [0.29, 0.717) is 6.42 Å². The van der Waals surface area contributed by atoms with Crippen LogP contribution in [-0.2, 0) is 14.3 Å². The van der Waals surface area contributed by atoms with Gasteiger partial charge < -0.3 is 4.74 Å². The maximum Gasteiger partial charge on any atom is 0.320 e. The van der Waals surface area contributed by atoms with Gasteiger partial charge in [-0.2, -0.15) is 0 Å². The van der Waals surface area contributed by atoms with Crippen molar-refractivity contribution in [2.24, 2.45) is 11.3 Å². The summed E-state index contributed by atoms with van der Waals surface area (Å²) in [6, 6.07) is 0. The minimum absolute atomic E-state index is 0.267. The molecule has 0 bridgehead atoms. The summed E-state index contributed by atoms with van der Waals surface area (Å²) < 4.78 is 4.65. The zero-order valence-corrected chi connectivity index (χ0v) is 8.54. The van der Waals surface area contributed by atoms with Crippen LogP contribution in [-0.4, -0.2) is 11.9 Å². The smallest absolute Gasteiger partial charge is 0.320 e. The van der Waals surface area contributed by atoms with Gasteiger partial charge in [-0.05, 0) is 31.6 Å². The van der Waals surface area contributed by atoms with Crippen LogP contribution in [0.3, 0.4) is 0 Å². The Balaban J connectivity index is 2.05. The van der Waals surface area contributed by atoms with Crippen LogP contribution in [0, 0.1) is 11.3 Å². The number of hydrogen-bond donors (Lipinski definition) is 0. The highest BCUT2D eigenvalue weighted by molar-refractivity contribution is 5.97. The normalized spacial score (nSPS) is 37.6. The van der Waals surface area contributed by atoms with E-state index in [0.717, 1.165) is 31.6 Å². The Bertz CT molecular complexity index is 262. The van der Waals surface area contributed by atoms with E-state index in [-0.39, 0.29) is 11.9 Å². The quantitative estimate of drug-likeness (QED) is 0.476. The third kappa shape index (κ3) is 1.45. The van der Waals surface area contributed by atoms with Crippen LogP contribution in [0.5, 0.6) is 0 Å². The van der Waals surface area contributed by atoms with E-state index in [2.05, 4.69) is 11.7 Å². The van der Waals surface area contributed by atoms with Crippen molar-refractivity contribution < 1.29 is 14.3 Å². The second-order valence-corrected chi connectivity index (χ2v) is 4.57. The van der Waals surface area contributed by atoms with Crippen LogP contribution in [0.1, 0.15) is 45.4 Å². The standard InChI is InChI=1S/C11H16O3/c1-2-8-3-5-11(6-4-8)7-9(12)14-10(11)13/h8H,2-7H2,1H3. The summed E-state index contributed by atoms with van der Waals surface area (Å²) in [4.78, 5) is 22.5. The Morgan fingerprint density at radius 1 is 1.36 bits per heavy atom. The van der Waals surface area contributed by atoms with Gasteiger partial charge in [0.25, 0.3) is 0 Å². The molecule has 1 saturated carbocycles. The van der Waals surface area contributed by atoms with Crippen molar-refractivity contribution in [2.75, 3.05) is 0 Å². The van der Waals surface area contributed by atoms with Crippen LogP contribution < -0.4 is 0 Å². The first-order chi connectivity index (χ1) is 6.66. The largest absolute Gasteiger partial charge is 0.393 e. The third-order valence-corrected chi connectivity index (χ3v) is 3.76. The van der Waals surface area contributed by atoms with Crippen LogP contribution >= 0.6 is 0 Å². The van der Waals surface area contributed by atoms with Gasteiger partial charge in [-0.3, -0.25) is 9.59 Å². The lowest BCUT2D eigenvalue weighted by atomic mass is 9.69. The van der Waals surface area contributed by atoms with E-state index in [9.17, 15) is 9.59 Å². The van der Waals surface area contributed by atoms with Gasteiger partial charge in [0.2, 0.25) is 0 Å². The predicted octanol–water partition coefficient (Wildman–Crippen LogP) is 2.05. The fourth-order valence-electron chi connectivity index (χ4n) is 2.62. The summed E-state index contributed by atoms with van der Waals surface area (Å²) in [6.45, 7) is 2.18. The van der Waals surface area contributed by atoms with E-state index in [1.165, 1.54) is 6.42 Å². The van der Waals surface area contributed by atoms with Gasteiger partial charge in [-0.25, -0.2) is 0 Å². The molecule has 3 nitrogen and oxygen atoms in total. The summed E-state index contributed by atoms with van der Waals surface area (Å²) in [5.74, 6) is 0.145. The summed E-state index contributed by atoms with van der Waals surface area (Å²) in [7, 11) is 0. The van der Waals surface area contributed by atoms with Crippen molar-refractivity contribution in [3.05, 3.63) is 0 Å². The first-order valence-corrected chi connectivity index (χ1v) is 5.41. The van der Waals surface area contributed by atoms with Crippen molar-refractivity contribution in [1.82, 2.24) is 0 Å². The Labute approximate surface area is 83.8 Å². The molecule has 0 aromatic heterocycles. The molecule has 1 heterocycles. The second kappa shape index (κ2) is 3.37. The molecular weight excluding hydrogens is 180 g/mol. The number of ether oxygens (including phenoxy) is 1. The minimum atomic E-state index is -0.428. The molecule has 0 N–H and O–H groups in total. The average Bonchev–Trinajstić information content (AvgIpc) is 2.43. The fourth-order valence-corrected chi connectivity index (χ4v) is 2.62. The van der Waals surface area contributed by atoms with Crippen molar-refractivity contribution in [1.29, 1.82) is 0 Å². The number of rotatable bonds is 1. The van der Waals surface area contributed by atoms with Crippen molar-refractivity contribution in [3.8, 4) is 0 Å². The fraction of sp³-hybridized carbons (Fsp3) is 0.818. The van der Waals surface area contributed by atoms with Gasteiger partial charge in [0, 0.05) is 0 Å². The first-order valence-electron chi connectivity index (χ1n) is 5.41. The maximum atomic E-state index is 11.5. The number of carbonyl (C=O) groups is 2. The molecule has 1 aliphatic carbocycles. The van der Waals surface area contributed by atoms with Crippen molar-refractivity contribution >= 4 is 11.9 Å². The van der Waals surface area contributed by atoms with E-state index in [1.54, 1.807) is 0 Å². The van der Waals surface area contributed by atoms with Gasteiger partial charge >= 0.3 is 11.9 Å². The Morgan fingerprint density at radius 2 is 2.00 bits per heavy atom. The molecule has 14 heavy (non-hydrogen) atoms. The zero-order valence-electron chi connectivity index (χ0n) is 8.54. The maximum absolute atomic E-state index is 11.5. The third-order valence-electron chi connectivity index (χ3n) is 3.76. The van der Waals surface area contributed by atoms with Gasteiger partial charge in [-0.1, -0.05) is 13.3 Å². The summed E-state index contributed by atoms with van der Waals surface area (Å²) >= 11 is 0.